The van der Waals surface area contributed by atoms with E-state index in [1.54, 1.807) is 0 Å². The summed E-state index contributed by atoms with van der Waals surface area (Å²) >= 11 is 0. The molecule has 0 unspecified atom stereocenters. The third-order valence-corrected chi connectivity index (χ3v) is 9.04. The van der Waals surface area contributed by atoms with Crippen molar-refractivity contribution in [1.82, 2.24) is 0 Å². The van der Waals surface area contributed by atoms with Gasteiger partial charge in [-0.15, -0.1) is 0 Å². The molecule has 0 aliphatic rings. The number of hydrogen-bond acceptors (Lipinski definition) is 2. The second-order valence-corrected chi connectivity index (χ2v) is 11.7. The molecule has 0 aliphatic heterocycles. The second-order valence-electron chi connectivity index (χ2n) is 11.7. The Balaban J connectivity index is 1.22. The van der Waals surface area contributed by atoms with Gasteiger partial charge in [-0.25, -0.2) is 0 Å². The highest BCUT2D eigenvalue weighted by atomic mass is 16.3. The molecule has 2 heteroatoms. The molecule has 216 valence electrons. The van der Waals surface area contributed by atoms with Gasteiger partial charge in [-0.05, 0) is 86.9 Å². The van der Waals surface area contributed by atoms with Crippen LogP contribution in [0.25, 0.3) is 65.7 Å². The number of furan rings is 1. The lowest BCUT2D eigenvalue weighted by molar-refractivity contribution is 0.672. The summed E-state index contributed by atoms with van der Waals surface area (Å²) in [4.78, 5) is 2.32. The Kier molecular flexibility index (Phi) is 6.17. The quantitative estimate of drug-likeness (QED) is 0.199. The molecule has 1 aromatic heterocycles. The number of nitrogens with zero attached hydrogens (tertiary/aromatic N) is 1. The lowest BCUT2D eigenvalue weighted by Gasteiger charge is -2.25. The van der Waals surface area contributed by atoms with Gasteiger partial charge in [-0.3, -0.25) is 0 Å². The van der Waals surface area contributed by atoms with Gasteiger partial charge in [0.05, 0.1) is 0 Å². The zero-order chi connectivity index (χ0) is 30.5. The van der Waals surface area contributed by atoms with Crippen molar-refractivity contribution in [3.63, 3.8) is 0 Å². The molecule has 8 aromatic carbocycles. The minimum atomic E-state index is 0.883. The highest BCUT2D eigenvalue weighted by Gasteiger charge is 2.18. The first-order valence-corrected chi connectivity index (χ1v) is 15.7. The van der Waals surface area contributed by atoms with Crippen LogP contribution in [-0.4, -0.2) is 0 Å². The molecule has 0 amide bonds. The summed E-state index contributed by atoms with van der Waals surface area (Å²) < 4.78 is 6.58. The average Bonchev–Trinajstić information content (AvgIpc) is 3.50. The van der Waals surface area contributed by atoms with Crippen LogP contribution in [0.1, 0.15) is 0 Å². The first-order valence-electron chi connectivity index (χ1n) is 15.7. The van der Waals surface area contributed by atoms with E-state index in [1.165, 1.54) is 38.4 Å². The Hall–Kier alpha value is -6.12. The van der Waals surface area contributed by atoms with Crippen molar-refractivity contribution in [1.29, 1.82) is 0 Å². The van der Waals surface area contributed by atoms with Crippen molar-refractivity contribution in [2.75, 3.05) is 4.90 Å². The first kappa shape index (κ1) is 26.3. The maximum atomic E-state index is 6.58. The number of benzene rings is 8. The van der Waals surface area contributed by atoms with E-state index in [4.69, 9.17) is 4.42 Å². The zero-order valence-electron chi connectivity index (χ0n) is 25.1. The Labute approximate surface area is 267 Å². The van der Waals surface area contributed by atoms with E-state index >= 15 is 0 Å². The van der Waals surface area contributed by atoms with Crippen molar-refractivity contribution in [2.45, 2.75) is 0 Å². The highest BCUT2D eigenvalue weighted by molar-refractivity contribution is 6.19. The largest absolute Gasteiger partial charge is 0.455 e. The number of hydrogen-bond donors (Lipinski definition) is 0. The van der Waals surface area contributed by atoms with Gasteiger partial charge >= 0.3 is 0 Å². The Morgan fingerprint density at radius 1 is 0.348 bits per heavy atom. The fourth-order valence-corrected chi connectivity index (χ4v) is 6.87. The van der Waals surface area contributed by atoms with E-state index in [2.05, 4.69) is 181 Å². The molecule has 9 aromatic rings. The molecule has 0 fully saturated rings. The van der Waals surface area contributed by atoms with Crippen LogP contribution in [0.3, 0.4) is 0 Å². The normalized spacial score (nSPS) is 11.5. The highest BCUT2D eigenvalue weighted by Crippen LogP contribution is 2.43. The van der Waals surface area contributed by atoms with E-state index in [9.17, 15) is 0 Å². The average molecular weight is 588 g/mol. The molecule has 0 spiro atoms. The van der Waals surface area contributed by atoms with Gasteiger partial charge in [0.25, 0.3) is 0 Å². The summed E-state index contributed by atoms with van der Waals surface area (Å²) in [5.74, 6) is 0. The molecule has 0 N–H and O–H groups in total. The van der Waals surface area contributed by atoms with Gasteiger partial charge in [0.1, 0.15) is 11.2 Å². The van der Waals surface area contributed by atoms with Crippen LogP contribution in [0.15, 0.2) is 180 Å². The van der Waals surface area contributed by atoms with Gasteiger partial charge in [0, 0.05) is 33.2 Å². The van der Waals surface area contributed by atoms with Crippen LogP contribution < -0.4 is 4.90 Å². The SMILES string of the molecule is c1ccc(-c2cc3c4cc(N(c5ccccc5)c5ccc(-c6cccc7ccccc67)cc5)ccc4oc3c3ccccc23)cc1. The number of anilines is 3. The lowest BCUT2D eigenvalue weighted by atomic mass is 9.95. The minimum Gasteiger partial charge on any atom is -0.455 e. The van der Waals surface area contributed by atoms with Crippen LogP contribution in [-0.2, 0) is 0 Å². The van der Waals surface area contributed by atoms with Crippen molar-refractivity contribution in [3.05, 3.63) is 176 Å². The van der Waals surface area contributed by atoms with Gasteiger partial charge in [0.2, 0.25) is 0 Å². The summed E-state index contributed by atoms with van der Waals surface area (Å²) in [6.07, 6.45) is 0. The Morgan fingerprint density at radius 3 is 1.76 bits per heavy atom. The third-order valence-electron chi connectivity index (χ3n) is 9.04. The van der Waals surface area contributed by atoms with Crippen molar-refractivity contribution < 1.29 is 4.42 Å². The number of fused-ring (bicyclic) bond motifs is 6. The van der Waals surface area contributed by atoms with Crippen LogP contribution >= 0.6 is 0 Å². The zero-order valence-corrected chi connectivity index (χ0v) is 25.1. The molecule has 0 radical (unpaired) electrons. The smallest absolute Gasteiger partial charge is 0.143 e. The summed E-state index contributed by atoms with van der Waals surface area (Å²) in [7, 11) is 0. The fourth-order valence-electron chi connectivity index (χ4n) is 6.87. The number of para-hydroxylation sites is 1. The molecule has 1 heterocycles. The number of rotatable bonds is 5. The summed E-state index contributed by atoms with van der Waals surface area (Å²) in [6, 6.07) is 62.6. The predicted octanol–water partition coefficient (Wildman–Crippen LogP) is 12.7. The van der Waals surface area contributed by atoms with Crippen LogP contribution in [0.2, 0.25) is 0 Å². The van der Waals surface area contributed by atoms with E-state index in [0.717, 1.165) is 44.4 Å². The van der Waals surface area contributed by atoms with Crippen molar-refractivity contribution >= 4 is 60.5 Å². The first-order chi connectivity index (χ1) is 22.8. The molecule has 2 nitrogen and oxygen atoms in total. The molecular formula is C44H29NO. The van der Waals surface area contributed by atoms with E-state index < -0.39 is 0 Å². The molecule has 0 atom stereocenters. The molecule has 46 heavy (non-hydrogen) atoms. The monoisotopic (exact) mass is 587 g/mol. The van der Waals surface area contributed by atoms with Crippen molar-refractivity contribution in [2.24, 2.45) is 0 Å². The third kappa shape index (κ3) is 4.35. The summed E-state index contributed by atoms with van der Waals surface area (Å²) in [5, 5.41) is 7.05. The lowest BCUT2D eigenvalue weighted by Crippen LogP contribution is -2.09. The Morgan fingerprint density at radius 2 is 0.957 bits per heavy atom. The topological polar surface area (TPSA) is 16.4 Å². The molecular weight excluding hydrogens is 558 g/mol. The van der Waals surface area contributed by atoms with Crippen LogP contribution in [0.5, 0.6) is 0 Å². The fraction of sp³-hybridized carbons (Fsp3) is 0. The van der Waals surface area contributed by atoms with Crippen molar-refractivity contribution in [3.8, 4) is 22.3 Å². The summed E-state index contributed by atoms with van der Waals surface area (Å²) in [5.41, 5.74) is 9.92. The maximum absolute atomic E-state index is 6.58. The maximum Gasteiger partial charge on any atom is 0.143 e. The van der Waals surface area contributed by atoms with Gasteiger partial charge < -0.3 is 9.32 Å². The van der Waals surface area contributed by atoms with E-state index in [0.29, 0.717) is 0 Å². The van der Waals surface area contributed by atoms with Crippen LogP contribution in [0.4, 0.5) is 17.1 Å². The minimum absolute atomic E-state index is 0.883. The van der Waals surface area contributed by atoms with E-state index in [-0.39, 0.29) is 0 Å². The molecule has 0 aliphatic carbocycles. The molecule has 0 bridgehead atoms. The van der Waals surface area contributed by atoms with Crippen LogP contribution in [0, 0.1) is 0 Å². The molecule has 9 rings (SSSR count). The van der Waals surface area contributed by atoms with Gasteiger partial charge in [-0.1, -0.05) is 127 Å². The molecule has 0 saturated carbocycles. The Bertz CT molecular complexity index is 2510. The molecule has 0 saturated heterocycles. The van der Waals surface area contributed by atoms with Gasteiger partial charge in [-0.2, -0.15) is 0 Å². The standard InChI is InChI=1S/C44H29NO/c1-3-12-31(13-4-1)40-29-42-41-28-35(26-27-43(41)46-44(42)39-20-10-9-19-38(39)40)45(33-16-5-2-6-17-33)34-24-22-32(23-25-34)37-21-11-15-30-14-7-8-18-36(30)37/h1-29H. The second kappa shape index (κ2) is 10.8. The predicted molar refractivity (Wildman–Crippen MR) is 194 cm³/mol. The van der Waals surface area contributed by atoms with Gasteiger partial charge in [0.15, 0.2) is 0 Å². The summed E-state index contributed by atoms with van der Waals surface area (Å²) in [6.45, 7) is 0. The van der Waals surface area contributed by atoms with E-state index in [1.807, 2.05) is 0 Å².